The molecule has 2 aromatic rings. The van der Waals surface area contributed by atoms with Crippen LogP contribution < -0.4 is 14.8 Å². The first-order chi connectivity index (χ1) is 9.93. The second-order valence-corrected chi connectivity index (χ2v) is 6.32. The van der Waals surface area contributed by atoms with Crippen LogP contribution in [0, 0.1) is 0 Å². The van der Waals surface area contributed by atoms with Crippen molar-refractivity contribution in [3.8, 4) is 11.5 Å². The third kappa shape index (κ3) is 4.79. The zero-order valence-corrected chi connectivity index (χ0v) is 14.8. The summed E-state index contributed by atoms with van der Waals surface area (Å²) in [5.74, 6) is 1.54. The van der Waals surface area contributed by atoms with Crippen LogP contribution >= 0.6 is 12.4 Å². The number of hydrogen-bond donors (Lipinski definition) is 1. The number of fused-ring (bicyclic) bond motifs is 1. The molecule has 22 heavy (non-hydrogen) atoms. The summed E-state index contributed by atoms with van der Waals surface area (Å²) in [6.45, 7) is 7.53. The molecular weight excluding hydrogens is 298 g/mol. The minimum Gasteiger partial charge on any atom is -0.493 e. The van der Waals surface area contributed by atoms with Gasteiger partial charge in [-0.2, -0.15) is 0 Å². The van der Waals surface area contributed by atoms with E-state index in [4.69, 9.17) is 9.47 Å². The number of benzene rings is 2. The molecule has 2 aromatic carbocycles. The third-order valence-corrected chi connectivity index (χ3v) is 3.48. The number of hydrogen-bond acceptors (Lipinski definition) is 3. The van der Waals surface area contributed by atoms with Crippen molar-refractivity contribution < 1.29 is 9.47 Å². The van der Waals surface area contributed by atoms with E-state index in [0.29, 0.717) is 0 Å². The summed E-state index contributed by atoms with van der Waals surface area (Å²) < 4.78 is 10.7. The van der Waals surface area contributed by atoms with Gasteiger partial charge in [0.15, 0.2) is 11.5 Å². The van der Waals surface area contributed by atoms with Gasteiger partial charge in [-0.3, -0.25) is 0 Å². The molecule has 3 nitrogen and oxygen atoms in total. The maximum absolute atomic E-state index is 5.37. The van der Waals surface area contributed by atoms with E-state index < -0.39 is 0 Å². The second kappa shape index (κ2) is 7.70. The van der Waals surface area contributed by atoms with Gasteiger partial charge in [0.2, 0.25) is 0 Å². The predicted octanol–water partition coefficient (Wildman–Crippen LogP) is 4.21. The van der Waals surface area contributed by atoms with Gasteiger partial charge < -0.3 is 14.8 Å². The van der Waals surface area contributed by atoms with Gasteiger partial charge in [0, 0.05) is 5.54 Å². The van der Waals surface area contributed by atoms with E-state index in [-0.39, 0.29) is 17.9 Å². The molecule has 0 spiro atoms. The van der Waals surface area contributed by atoms with Crippen LogP contribution in [0.25, 0.3) is 10.8 Å². The van der Waals surface area contributed by atoms with Crippen molar-refractivity contribution in [2.45, 2.75) is 32.7 Å². The lowest BCUT2D eigenvalue weighted by Gasteiger charge is -2.20. The van der Waals surface area contributed by atoms with E-state index in [9.17, 15) is 0 Å². The van der Waals surface area contributed by atoms with E-state index in [1.54, 1.807) is 14.2 Å². The van der Waals surface area contributed by atoms with Crippen LogP contribution in [-0.2, 0) is 6.42 Å². The summed E-state index contributed by atoms with van der Waals surface area (Å²) in [7, 11) is 3.33. The fraction of sp³-hybridized carbons (Fsp3) is 0.444. The molecule has 4 heteroatoms. The van der Waals surface area contributed by atoms with Crippen molar-refractivity contribution in [3.63, 3.8) is 0 Å². The smallest absolute Gasteiger partial charge is 0.161 e. The van der Waals surface area contributed by atoms with Crippen molar-refractivity contribution >= 4 is 23.2 Å². The Morgan fingerprint density at radius 3 is 2.05 bits per heavy atom. The fourth-order valence-electron chi connectivity index (χ4n) is 2.36. The van der Waals surface area contributed by atoms with Gasteiger partial charge in [-0.1, -0.05) is 18.2 Å². The average Bonchev–Trinajstić information content (AvgIpc) is 2.44. The molecule has 0 amide bonds. The zero-order chi connectivity index (χ0) is 15.5. The Kier molecular flexibility index (Phi) is 6.51. The van der Waals surface area contributed by atoms with Gasteiger partial charge in [-0.05, 0) is 62.2 Å². The summed E-state index contributed by atoms with van der Waals surface area (Å²) in [6.07, 6.45) is 1.02. The van der Waals surface area contributed by atoms with Crippen molar-refractivity contribution in [1.29, 1.82) is 0 Å². The van der Waals surface area contributed by atoms with Gasteiger partial charge in [0.05, 0.1) is 14.2 Å². The Hall–Kier alpha value is -1.45. The van der Waals surface area contributed by atoms with Crippen molar-refractivity contribution in [2.24, 2.45) is 0 Å². The highest BCUT2D eigenvalue weighted by molar-refractivity contribution is 5.86. The maximum Gasteiger partial charge on any atom is 0.161 e. The van der Waals surface area contributed by atoms with Gasteiger partial charge in [0.25, 0.3) is 0 Å². The lowest BCUT2D eigenvalue weighted by Crippen LogP contribution is -2.37. The summed E-state index contributed by atoms with van der Waals surface area (Å²) in [5.41, 5.74) is 1.49. The standard InChI is InChI=1S/C18H25NO2.ClH/c1-18(2,3)19-9-8-13-6-7-14-11-16(20-4)17(21-5)12-15(14)10-13;/h6-7,10-12,19H,8-9H2,1-5H3;1H. The SMILES string of the molecule is COc1cc2ccc(CCNC(C)(C)C)cc2cc1OC.Cl. The zero-order valence-electron chi connectivity index (χ0n) is 14.0. The Balaban J connectivity index is 0.00000242. The number of methoxy groups -OCH3 is 2. The molecule has 0 bridgehead atoms. The molecule has 1 N–H and O–H groups in total. The highest BCUT2D eigenvalue weighted by Gasteiger charge is 2.09. The van der Waals surface area contributed by atoms with E-state index in [1.165, 1.54) is 16.3 Å². The molecule has 0 fully saturated rings. The molecule has 0 radical (unpaired) electrons. The summed E-state index contributed by atoms with van der Waals surface area (Å²) in [6, 6.07) is 10.6. The highest BCUT2D eigenvalue weighted by Crippen LogP contribution is 2.32. The summed E-state index contributed by atoms with van der Waals surface area (Å²) in [5, 5.41) is 5.86. The first kappa shape index (κ1) is 18.6. The lowest BCUT2D eigenvalue weighted by molar-refractivity contribution is 0.356. The van der Waals surface area contributed by atoms with Gasteiger partial charge in [0.1, 0.15) is 0 Å². The number of rotatable bonds is 5. The van der Waals surface area contributed by atoms with E-state index in [2.05, 4.69) is 44.3 Å². The maximum atomic E-state index is 5.37. The molecule has 0 aliphatic heterocycles. The Labute approximate surface area is 139 Å². The van der Waals surface area contributed by atoms with E-state index >= 15 is 0 Å². The molecule has 0 aromatic heterocycles. The van der Waals surface area contributed by atoms with Crippen molar-refractivity contribution in [2.75, 3.05) is 20.8 Å². The van der Waals surface area contributed by atoms with Crippen LogP contribution in [0.5, 0.6) is 11.5 Å². The first-order valence-electron chi connectivity index (χ1n) is 7.32. The minimum atomic E-state index is 0. The van der Waals surface area contributed by atoms with Crippen LogP contribution in [0.1, 0.15) is 26.3 Å². The van der Waals surface area contributed by atoms with Crippen LogP contribution in [0.15, 0.2) is 30.3 Å². The lowest BCUT2D eigenvalue weighted by atomic mass is 10.0. The van der Waals surface area contributed by atoms with Crippen LogP contribution in [0.4, 0.5) is 0 Å². The molecule has 0 aliphatic carbocycles. The normalized spacial score (nSPS) is 11.1. The van der Waals surface area contributed by atoms with E-state index in [1.807, 2.05) is 12.1 Å². The topological polar surface area (TPSA) is 30.5 Å². The van der Waals surface area contributed by atoms with Gasteiger partial charge >= 0.3 is 0 Å². The molecule has 0 saturated heterocycles. The molecule has 2 rings (SSSR count). The van der Waals surface area contributed by atoms with E-state index in [0.717, 1.165) is 24.5 Å². The molecule has 0 unspecified atom stereocenters. The van der Waals surface area contributed by atoms with Crippen LogP contribution in [-0.4, -0.2) is 26.3 Å². The predicted molar refractivity (Wildman–Crippen MR) is 95.8 cm³/mol. The number of halogens is 1. The average molecular weight is 324 g/mol. The quantitative estimate of drug-likeness (QED) is 0.894. The molecule has 0 saturated carbocycles. The largest absolute Gasteiger partial charge is 0.493 e. The molecular formula is C18H26ClNO2. The summed E-state index contributed by atoms with van der Waals surface area (Å²) >= 11 is 0. The monoisotopic (exact) mass is 323 g/mol. The van der Waals surface area contributed by atoms with Gasteiger partial charge in [-0.25, -0.2) is 0 Å². The number of ether oxygens (including phenoxy) is 2. The Bertz CT molecular complexity index is 620. The first-order valence-corrected chi connectivity index (χ1v) is 7.32. The van der Waals surface area contributed by atoms with Crippen molar-refractivity contribution in [1.82, 2.24) is 5.32 Å². The minimum absolute atomic E-state index is 0. The van der Waals surface area contributed by atoms with Crippen molar-refractivity contribution in [3.05, 3.63) is 35.9 Å². The number of nitrogens with one attached hydrogen (secondary N) is 1. The molecule has 0 atom stereocenters. The second-order valence-electron chi connectivity index (χ2n) is 6.32. The fourth-order valence-corrected chi connectivity index (χ4v) is 2.36. The van der Waals surface area contributed by atoms with Crippen LogP contribution in [0.2, 0.25) is 0 Å². The summed E-state index contributed by atoms with van der Waals surface area (Å²) in [4.78, 5) is 0. The molecule has 0 aliphatic rings. The molecule has 122 valence electrons. The Morgan fingerprint density at radius 1 is 0.909 bits per heavy atom. The highest BCUT2D eigenvalue weighted by atomic mass is 35.5. The Morgan fingerprint density at radius 2 is 1.50 bits per heavy atom. The third-order valence-electron chi connectivity index (χ3n) is 3.48. The van der Waals surface area contributed by atoms with Gasteiger partial charge in [-0.15, -0.1) is 12.4 Å². The van der Waals surface area contributed by atoms with Crippen LogP contribution in [0.3, 0.4) is 0 Å². The molecule has 0 heterocycles.